The van der Waals surface area contributed by atoms with Crippen molar-refractivity contribution in [1.29, 1.82) is 0 Å². The van der Waals surface area contributed by atoms with Crippen molar-refractivity contribution in [1.82, 2.24) is 0 Å². The van der Waals surface area contributed by atoms with Gasteiger partial charge in [0.1, 0.15) is 23.1 Å². The quantitative estimate of drug-likeness (QED) is 0.838. The summed E-state index contributed by atoms with van der Waals surface area (Å²) in [5.41, 5.74) is 1.01. The predicted molar refractivity (Wildman–Crippen MR) is 97.4 cm³/mol. The number of carbonyl (C=O) groups is 2. The molecule has 1 aliphatic carbocycles. The average Bonchev–Trinajstić information content (AvgIpc) is 2.96. The molecule has 0 fully saturated rings. The molecule has 1 atom stereocenters. The molecule has 0 heterocycles. The lowest BCUT2D eigenvalue weighted by molar-refractivity contribution is -0.118. The van der Waals surface area contributed by atoms with Crippen molar-refractivity contribution in [2.45, 2.75) is 19.3 Å². The van der Waals surface area contributed by atoms with E-state index in [4.69, 9.17) is 14.2 Å². The molecule has 142 valence electrons. The predicted octanol–water partition coefficient (Wildman–Crippen LogP) is 3.55. The molecule has 2 aromatic rings. The second kappa shape index (κ2) is 7.65. The monoisotopic (exact) mass is 373 g/mol. The van der Waals surface area contributed by atoms with Crippen LogP contribution in [-0.2, 0) is 4.79 Å². The molecule has 7 heteroatoms. The Morgan fingerprint density at radius 2 is 1.93 bits per heavy atom. The van der Waals surface area contributed by atoms with Crippen LogP contribution < -0.4 is 19.5 Å². The molecule has 1 N–H and O–H groups in total. The smallest absolute Gasteiger partial charge is 0.262 e. The van der Waals surface area contributed by atoms with Gasteiger partial charge in [0, 0.05) is 18.1 Å². The summed E-state index contributed by atoms with van der Waals surface area (Å²) in [6.07, 6.45) is 0.236. The van der Waals surface area contributed by atoms with Crippen molar-refractivity contribution in [2.24, 2.45) is 0 Å². The Kier molecular flexibility index (Phi) is 5.30. The van der Waals surface area contributed by atoms with Gasteiger partial charge in [-0.1, -0.05) is 6.92 Å². The minimum Gasteiger partial charge on any atom is -0.497 e. The van der Waals surface area contributed by atoms with E-state index in [2.05, 4.69) is 5.32 Å². The molecule has 0 saturated heterocycles. The molecule has 0 aliphatic heterocycles. The van der Waals surface area contributed by atoms with Gasteiger partial charge < -0.3 is 19.5 Å². The summed E-state index contributed by atoms with van der Waals surface area (Å²) in [6.45, 7) is 1.46. The minimum absolute atomic E-state index is 0.179. The summed E-state index contributed by atoms with van der Waals surface area (Å²) >= 11 is 0. The third kappa shape index (κ3) is 3.72. The molecule has 3 rings (SSSR count). The van der Waals surface area contributed by atoms with Crippen LogP contribution in [0.25, 0.3) is 0 Å². The lowest BCUT2D eigenvalue weighted by atomic mass is 10.0. The summed E-state index contributed by atoms with van der Waals surface area (Å²) in [6, 6.07) is 7.63. The van der Waals surface area contributed by atoms with Crippen molar-refractivity contribution < 1.29 is 28.2 Å². The average molecular weight is 373 g/mol. The number of anilines is 1. The summed E-state index contributed by atoms with van der Waals surface area (Å²) < 4.78 is 29.9. The fraction of sp³-hybridized carbons (Fsp3) is 0.300. The van der Waals surface area contributed by atoms with Crippen molar-refractivity contribution in [2.75, 3.05) is 26.1 Å². The third-order valence-corrected chi connectivity index (χ3v) is 4.46. The molecule has 1 aliphatic rings. The fourth-order valence-corrected chi connectivity index (χ4v) is 3.19. The Morgan fingerprint density at radius 3 is 2.63 bits per heavy atom. The van der Waals surface area contributed by atoms with Crippen LogP contribution in [0.3, 0.4) is 0 Å². The number of methoxy groups -OCH3 is 2. The van der Waals surface area contributed by atoms with E-state index in [1.54, 1.807) is 25.1 Å². The third-order valence-electron chi connectivity index (χ3n) is 4.46. The molecule has 0 unspecified atom stereocenters. The van der Waals surface area contributed by atoms with Crippen LogP contribution in [0.4, 0.5) is 10.1 Å². The van der Waals surface area contributed by atoms with E-state index in [0.717, 1.165) is 0 Å². The number of ketones is 1. The molecule has 0 spiro atoms. The number of carbonyl (C=O) groups excluding carboxylic acids is 2. The van der Waals surface area contributed by atoms with E-state index >= 15 is 0 Å². The summed E-state index contributed by atoms with van der Waals surface area (Å²) in [5.74, 6) is -0.0144. The lowest BCUT2D eigenvalue weighted by Crippen LogP contribution is -2.21. The molecule has 0 saturated carbocycles. The minimum atomic E-state index is -0.446. The Balaban J connectivity index is 1.74. The summed E-state index contributed by atoms with van der Waals surface area (Å²) in [5, 5.41) is 2.68. The van der Waals surface area contributed by atoms with Crippen molar-refractivity contribution in [3.63, 3.8) is 0 Å². The Labute approximate surface area is 156 Å². The first-order valence-electron chi connectivity index (χ1n) is 8.44. The molecule has 0 radical (unpaired) electrons. The number of nitrogens with one attached hydrogen (secondary N) is 1. The molecule has 27 heavy (non-hydrogen) atoms. The van der Waals surface area contributed by atoms with Gasteiger partial charge in [-0.2, -0.15) is 0 Å². The van der Waals surface area contributed by atoms with Crippen LogP contribution in [0, 0.1) is 5.82 Å². The zero-order valence-corrected chi connectivity index (χ0v) is 15.3. The second-order valence-electron chi connectivity index (χ2n) is 6.27. The Morgan fingerprint density at radius 1 is 1.19 bits per heavy atom. The molecular formula is C20H20FNO5. The standard InChI is InChI=1S/C20H20FNO5/c1-11-8-15(23)20-17(7-5-13(21)19(11)20)27-10-18(24)22-14-9-12(25-2)4-6-16(14)26-3/h4-7,9,11H,8,10H2,1-3H3,(H,22,24)/t11-/m0/s1. The number of hydrogen-bond acceptors (Lipinski definition) is 5. The zero-order valence-electron chi connectivity index (χ0n) is 15.3. The van der Waals surface area contributed by atoms with Gasteiger partial charge in [-0.3, -0.25) is 9.59 Å². The molecule has 1 amide bonds. The number of amides is 1. The van der Waals surface area contributed by atoms with Gasteiger partial charge in [0.05, 0.1) is 25.5 Å². The number of ether oxygens (including phenoxy) is 3. The number of rotatable bonds is 6. The van der Waals surface area contributed by atoms with Crippen molar-refractivity contribution >= 4 is 17.4 Å². The van der Waals surface area contributed by atoms with Crippen LogP contribution in [0.1, 0.15) is 35.2 Å². The van der Waals surface area contributed by atoms with Gasteiger partial charge in [-0.25, -0.2) is 4.39 Å². The van der Waals surface area contributed by atoms with Crippen LogP contribution >= 0.6 is 0 Å². The largest absolute Gasteiger partial charge is 0.497 e. The van der Waals surface area contributed by atoms with E-state index < -0.39 is 11.7 Å². The van der Waals surface area contributed by atoms with Gasteiger partial charge in [0.2, 0.25) is 0 Å². The van der Waals surface area contributed by atoms with E-state index in [0.29, 0.717) is 22.7 Å². The first kappa shape index (κ1) is 18.7. The highest BCUT2D eigenvalue weighted by atomic mass is 19.1. The topological polar surface area (TPSA) is 73.9 Å². The first-order valence-corrected chi connectivity index (χ1v) is 8.44. The van der Waals surface area contributed by atoms with Crippen LogP contribution in [0.15, 0.2) is 30.3 Å². The summed E-state index contributed by atoms with van der Waals surface area (Å²) in [4.78, 5) is 24.4. The van der Waals surface area contributed by atoms with Gasteiger partial charge in [-0.05, 0) is 30.2 Å². The van der Waals surface area contributed by atoms with Crippen LogP contribution in [0.5, 0.6) is 17.2 Å². The molecule has 0 bridgehead atoms. The number of fused-ring (bicyclic) bond motifs is 1. The normalized spacial score (nSPS) is 15.3. The fourth-order valence-electron chi connectivity index (χ4n) is 3.19. The van der Waals surface area contributed by atoms with Crippen molar-refractivity contribution in [3.05, 3.63) is 47.3 Å². The highest BCUT2D eigenvalue weighted by Gasteiger charge is 2.32. The van der Waals surface area contributed by atoms with Crippen LogP contribution in [0.2, 0.25) is 0 Å². The highest BCUT2D eigenvalue weighted by molar-refractivity contribution is 6.04. The molecule has 2 aromatic carbocycles. The number of halogens is 1. The van der Waals surface area contributed by atoms with E-state index in [1.165, 1.54) is 26.4 Å². The number of Topliss-reactive ketones (excluding diaryl/α,β-unsaturated/α-hetero) is 1. The Bertz CT molecular complexity index is 896. The van der Waals surface area contributed by atoms with E-state index in [-0.39, 0.29) is 36.0 Å². The van der Waals surface area contributed by atoms with Gasteiger partial charge in [-0.15, -0.1) is 0 Å². The molecular weight excluding hydrogens is 353 g/mol. The second-order valence-corrected chi connectivity index (χ2v) is 6.27. The first-order chi connectivity index (χ1) is 12.9. The zero-order chi connectivity index (χ0) is 19.6. The van der Waals surface area contributed by atoms with Gasteiger partial charge in [0.15, 0.2) is 12.4 Å². The lowest BCUT2D eigenvalue weighted by Gasteiger charge is -2.14. The van der Waals surface area contributed by atoms with E-state index in [9.17, 15) is 14.0 Å². The summed E-state index contributed by atoms with van der Waals surface area (Å²) in [7, 11) is 3.01. The van der Waals surface area contributed by atoms with Crippen molar-refractivity contribution in [3.8, 4) is 17.2 Å². The number of hydrogen-bond donors (Lipinski definition) is 1. The highest BCUT2D eigenvalue weighted by Crippen LogP contribution is 2.39. The van der Waals surface area contributed by atoms with Gasteiger partial charge in [0.25, 0.3) is 5.91 Å². The van der Waals surface area contributed by atoms with Crippen LogP contribution in [-0.4, -0.2) is 32.5 Å². The SMILES string of the molecule is COc1ccc(OC)c(NC(=O)COc2ccc(F)c3c2C(=O)C[C@@H]3C)c1. The van der Waals surface area contributed by atoms with Gasteiger partial charge >= 0.3 is 0 Å². The van der Waals surface area contributed by atoms with E-state index in [1.807, 2.05) is 0 Å². The maximum absolute atomic E-state index is 14.0. The number of benzene rings is 2. The molecule has 0 aromatic heterocycles. The Hall–Kier alpha value is -3.09. The maximum Gasteiger partial charge on any atom is 0.262 e. The molecule has 6 nitrogen and oxygen atoms in total. The maximum atomic E-state index is 14.0.